The van der Waals surface area contributed by atoms with E-state index in [0.29, 0.717) is 12.1 Å². The average molecular weight is 340 g/mol. The number of hydrogen-bond donors (Lipinski definition) is 0. The lowest BCUT2D eigenvalue weighted by Gasteiger charge is -2.30. The van der Waals surface area contributed by atoms with Crippen LogP contribution in [0.2, 0.25) is 0 Å². The van der Waals surface area contributed by atoms with Gasteiger partial charge >= 0.3 is 0 Å². The molecule has 0 aromatic carbocycles. The molecule has 0 aromatic heterocycles. The predicted molar refractivity (Wildman–Crippen MR) is 112 cm³/mol. The van der Waals surface area contributed by atoms with E-state index in [1.54, 1.807) is 0 Å². The van der Waals surface area contributed by atoms with Crippen LogP contribution in [-0.4, -0.2) is 23.5 Å². The summed E-state index contributed by atoms with van der Waals surface area (Å²) in [5.74, 6) is 0. The van der Waals surface area contributed by atoms with E-state index in [9.17, 15) is 0 Å². The van der Waals surface area contributed by atoms with Crippen molar-refractivity contribution in [2.45, 2.75) is 143 Å². The molecule has 24 heavy (non-hydrogen) atoms. The molecule has 0 rings (SSSR count). The maximum atomic E-state index is 2.63. The molecule has 0 N–H and O–H groups in total. The number of hydrogen-bond acceptors (Lipinski definition) is 1. The van der Waals surface area contributed by atoms with E-state index >= 15 is 0 Å². The average Bonchev–Trinajstić information content (AvgIpc) is 2.53. The van der Waals surface area contributed by atoms with Gasteiger partial charge in [0.15, 0.2) is 0 Å². The monoisotopic (exact) mass is 339 g/mol. The highest BCUT2D eigenvalue weighted by Crippen LogP contribution is 2.14. The summed E-state index contributed by atoms with van der Waals surface area (Å²) in [5, 5.41) is 0. The molecular formula is C23H49N. The molecule has 0 bridgehead atoms. The van der Waals surface area contributed by atoms with Crippen molar-refractivity contribution in [3.8, 4) is 0 Å². The van der Waals surface area contributed by atoms with Gasteiger partial charge in [-0.25, -0.2) is 0 Å². The van der Waals surface area contributed by atoms with Gasteiger partial charge in [0.25, 0.3) is 0 Å². The summed E-state index contributed by atoms with van der Waals surface area (Å²) in [4.78, 5) is 2.63. The van der Waals surface area contributed by atoms with Crippen LogP contribution in [0.3, 0.4) is 0 Å². The number of nitrogens with zero attached hydrogens (tertiary/aromatic N) is 1. The molecule has 1 heteroatoms. The SMILES string of the molecule is CCCCCCCCCCCCCCCCCN(C(C)C)C(C)C. The molecular weight excluding hydrogens is 290 g/mol. The van der Waals surface area contributed by atoms with E-state index in [1.807, 2.05) is 0 Å². The maximum absolute atomic E-state index is 2.63. The van der Waals surface area contributed by atoms with Crippen LogP contribution in [0.1, 0.15) is 131 Å². The molecule has 0 unspecified atom stereocenters. The van der Waals surface area contributed by atoms with E-state index in [4.69, 9.17) is 0 Å². The fourth-order valence-electron chi connectivity index (χ4n) is 3.78. The third-order valence-electron chi connectivity index (χ3n) is 5.35. The molecule has 0 heterocycles. The fraction of sp³-hybridized carbons (Fsp3) is 1.00. The second-order valence-corrected chi connectivity index (χ2v) is 8.38. The molecule has 1 nitrogen and oxygen atoms in total. The van der Waals surface area contributed by atoms with E-state index in [-0.39, 0.29) is 0 Å². The van der Waals surface area contributed by atoms with Crippen molar-refractivity contribution >= 4 is 0 Å². The molecule has 0 aliphatic rings. The van der Waals surface area contributed by atoms with Gasteiger partial charge in [0.05, 0.1) is 0 Å². The normalized spacial score (nSPS) is 12.0. The van der Waals surface area contributed by atoms with Gasteiger partial charge in [-0.2, -0.15) is 0 Å². The zero-order valence-corrected chi connectivity index (χ0v) is 17.9. The second-order valence-electron chi connectivity index (χ2n) is 8.38. The van der Waals surface area contributed by atoms with E-state index in [1.165, 1.54) is 103 Å². The van der Waals surface area contributed by atoms with Gasteiger partial charge in [0, 0.05) is 12.1 Å². The van der Waals surface area contributed by atoms with Crippen LogP contribution >= 0.6 is 0 Å². The first kappa shape index (κ1) is 24.0. The standard InChI is InChI=1S/C23H49N/c1-6-7-8-9-10-11-12-13-14-15-16-17-18-19-20-21-24(22(2)3)23(4)5/h22-23H,6-21H2,1-5H3. The molecule has 0 aliphatic heterocycles. The first-order valence-corrected chi connectivity index (χ1v) is 11.3. The maximum Gasteiger partial charge on any atom is 0.00412 e. The Hall–Kier alpha value is -0.0400. The number of unbranched alkanes of at least 4 members (excludes halogenated alkanes) is 14. The van der Waals surface area contributed by atoms with Gasteiger partial charge in [-0.15, -0.1) is 0 Å². The minimum Gasteiger partial charge on any atom is -0.299 e. The Bertz CT molecular complexity index is 226. The van der Waals surface area contributed by atoms with Crippen molar-refractivity contribution in [3.05, 3.63) is 0 Å². The molecule has 0 atom stereocenters. The van der Waals surface area contributed by atoms with E-state index in [0.717, 1.165) is 0 Å². The largest absolute Gasteiger partial charge is 0.299 e. The highest BCUT2D eigenvalue weighted by atomic mass is 15.2. The second kappa shape index (κ2) is 17.8. The van der Waals surface area contributed by atoms with Gasteiger partial charge in [-0.3, -0.25) is 4.90 Å². The third-order valence-corrected chi connectivity index (χ3v) is 5.35. The lowest BCUT2D eigenvalue weighted by atomic mass is 10.0. The minimum absolute atomic E-state index is 0.691. The van der Waals surface area contributed by atoms with Crippen LogP contribution in [0.25, 0.3) is 0 Å². The van der Waals surface area contributed by atoms with Gasteiger partial charge in [-0.05, 0) is 40.7 Å². The van der Waals surface area contributed by atoms with Crippen LogP contribution < -0.4 is 0 Å². The van der Waals surface area contributed by atoms with Crippen molar-refractivity contribution in [1.29, 1.82) is 0 Å². The highest BCUT2D eigenvalue weighted by Gasteiger charge is 2.11. The van der Waals surface area contributed by atoms with Crippen LogP contribution in [0.4, 0.5) is 0 Å². The Kier molecular flexibility index (Phi) is 17.7. The molecule has 0 aromatic rings. The van der Waals surface area contributed by atoms with Crippen molar-refractivity contribution in [2.75, 3.05) is 6.54 Å². The van der Waals surface area contributed by atoms with E-state index in [2.05, 4.69) is 39.5 Å². The van der Waals surface area contributed by atoms with Crippen LogP contribution in [0.5, 0.6) is 0 Å². The Balaban J connectivity index is 3.20. The summed E-state index contributed by atoms with van der Waals surface area (Å²) in [6.45, 7) is 12.9. The van der Waals surface area contributed by atoms with Crippen LogP contribution in [0.15, 0.2) is 0 Å². The summed E-state index contributed by atoms with van der Waals surface area (Å²) in [6.07, 6.45) is 21.8. The quantitative estimate of drug-likeness (QED) is 0.229. The molecule has 0 amide bonds. The summed E-state index contributed by atoms with van der Waals surface area (Å²) >= 11 is 0. The van der Waals surface area contributed by atoms with Crippen LogP contribution in [0, 0.1) is 0 Å². The smallest absolute Gasteiger partial charge is 0.00412 e. The predicted octanol–water partition coefficient (Wildman–Crippen LogP) is 7.98. The zero-order chi connectivity index (χ0) is 18.0. The molecule has 146 valence electrons. The van der Waals surface area contributed by atoms with Crippen molar-refractivity contribution < 1.29 is 0 Å². The lowest BCUT2D eigenvalue weighted by molar-refractivity contribution is 0.171. The first-order chi connectivity index (χ1) is 11.6. The molecule has 0 aliphatic carbocycles. The molecule has 0 radical (unpaired) electrons. The first-order valence-electron chi connectivity index (χ1n) is 11.3. The van der Waals surface area contributed by atoms with Gasteiger partial charge < -0.3 is 0 Å². The Morgan fingerprint density at radius 1 is 0.458 bits per heavy atom. The van der Waals surface area contributed by atoms with Crippen molar-refractivity contribution in [2.24, 2.45) is 0 Å². The van der Waals surface area contributed by atoms with Crippen molar-refractivity contribution in [3.63, 3.8) is 0 Å². The van der Waals surface area contributed by atoms with Gasteiger partial charge in [0.1, 0.15) is 0 Å². The van der Waals surface area contributed by atoms with Crippen molar-refractivity contribution in [1.82, 2.24) is 4.90 Å². The Morgan fingerprint density at radius 2 is 0.750 bits per heavy atom. The Labute approximate surface area is 155 Å². The molecule has 0 saturated carbocycles. The highest BCUT2D eigenvalue weighted by molar-refractivity contribution is 4.67. The third kappa shape index (κ3) is 15.5. The number of rotatable bonds is 18. The zero-order valence-electron chi connectivity index (χ0n) is 17.9. The fourth-order valence-corrected chi connectivity index (χ4v) is 3.78. The summed E-state index contributed by atoms with van der Waals surface area (Å²) in [5.41, 5.74) is 0. The molecule has 0 fully saturated rings. The van der Waals surface area contributed by atoms with Gasteiger partial charge in [0.2, 0.25) is 0 Å². The topological polar surface area (TPSA) is 3.24 Å². The minimum atomic E-state index is 0.691. The van der Waals surface area contributed by atoms with E-state index < -0.39 is 0 Å². The summed E-state index contributed by atoms with van der Waals surface area (Å²) < 4.78 is 0. The van der Waals surface area contributed by atoms with Crippen LogP contribution in [-0.2, 0) is 0 Å². The Morgan fingerprint density at radius 3 is 1.04 bits per heavy atom. The lowest BCUT2D eigenvalue weighted by Crippen LogP contribution is -2.37. The summed E-state index contributed by atoms with van der Waals surface area (Å²) in [7, 11) is 0. The summed E-state index contributed by atoms with van der Waals surface area (Å²) in [6, 6.07) is 1.38. The molecule has 0 spiro atoms. The molecule has 0 saturated heterocycles. The van der Waals surface area contributed by atoms with Gasteiger partial charge in [-0.1, -0.05) is 96.8 Å².